The van der Waals surface area contributed by atoms with Gasteiger partial charge in [0.2, 0.25) is 5.91 Å². The second-order valence-electron chi connectivity index (χ2n) is 7.79. The van der Waals surface area contributed by atoms with Gasteiger partial charge in [0, 0.05) is 19.0 Å². The van der Waals surface area contributed by atoms with Crippen LogP contribution in [0.2, 0.25) is 0 Å². The summed E-state index contributed by atoms with van der Waals surface area (Å²) in [4.78, 5) is 17.3. The molecule has 4 heteroatoms. The highest BCUT2D eigenvalue weighted by molar-refractivity contribution is 5.91. The van der Waals surface area contributed by atoms with E-state index in [1.54, 1.807) is 0 Å². The number of benzene rings is 1. The van der Waals surface area contributed by atoms with Crippen LogP contribution in [0.25, 0.3) is 5.65 Å². The highest BCUT2D eigenvalue weighted by Gasteiger charge is 2.20. The molecule has 0 unspecified atom stereocenters. The number of pyridine rings is 1. The molecule has 0 fully saturated rings. The third-order valence-electron chi connectivity index (χ3n) is 4.00. The Balaban J connectivity index is 1.99. The van der Waals surface area contributed by atoms with Gasteiger partial charge in [0.1, 0.15) is 11.5 Å². The summed E-state index contributed by atoms with van der Waals surface area (Å²) >= 11 is 0. The summed E-state index contributed by atoms with van der Waals surface area (Å²) in [7, 11) is 0. The number of hydrogen-bond donors (Lipinski definition) is 1. The molecule has 2 aromatic heterocycles. The van der Waals surface area contributed by atoms with Crippen molar-refractivity contribution in [1.82, 2.24) is 9.38 Å². The van der Waals surface area contributed by atoms with Crippen LogP contribution in [0.1, 0.15) is 44.0 Å². The summed E-state index contributed by atoms with van der Waals surface area (Å²) in [5.74, 6) is 0.793. The number of amides is 1. The van der Waals surface area contributed by atoms with Gasteiger partial charge in [0.15, 0.2) is 0 Å². The van der Waals surface area contributed by atoms with Gasteiger partial charge >= 0.3 is 0 Å². The van der Waals surface area contributed by atoms with Gasteiger partial charge in [-0.1, -0.05) is 57.2 Å². The number of anilines is 1. The molecule has 1 amide bonds. The second kappa shape index (κ2) is 6.71. The Morgan fingerprint density at radius 1 is 1.12 bits per heavy atom. The zero-order valence-electron chi connectivity index (χ0n) is 15.3. The van der Waals surface area contributed by atoms with Crippen LogP contribution >= 0.6 is 0 Å². The number of fused-ring (bicyclic) bond motifs is 1. The van der Waals surface area contributed by atoms with Gasteiger partial charge in [-0.3, -0.25) is 9.20 Å². The molecule has 0 bridgehead atoms. The SMILES string of the molecule is Cc1ccc2nc(Cc3ccccc3)c(NC(=O)CC(C)(C)C)n2c1. The molecule has 4 nitrogen and oxygen atoms in total. The first-order chi connectivity index (χ1) is 11.8. The number of aromatic nitrogens is 2. The molecule has 3 aromatic rings. The van der Waals surface area contributed by atoms with E-state index in [-0.39, 0.29) is 11.3 Å². The van der Waals surface area contributed by atoms with Crippen molar-refractivity contribution >= 4 is 17.4 Å². The smallest absolute Gasteiger partial charge is 0.226 e. The minimum atomic E-state index is -0.0555. The molecule has 130 valence electrons. The average molecular weight is 335 g/mol. The van der Waals surface area contributed by atoms with E-state index in [2.05, 4.69) is 38.2 Å². The maximum absolute atomic E-state index is 12.5. The molecule has 0 atom stereocenters. The molecular weight excluding hydrogens is 310 g/mol. The van der Waals surface area contributed by atoms with E-state index in [4.69, 9.17) is 4.98 Å². The van der Waals surface area contributed by atoms with Gasteiger partial charge in [0.25, 0.3) is 0 Å². The molecule has 0 aliphatic rings. The molecule has 0 radical (unpaired) electrons. The van der Waals surface area contributed by atoms with Gasteiger partial charge in [-0.05, 0) is 29.5 Å². The summed E-state index contributed by atoms with van der Waals surface area (Å²) in [6, 6.07) is 14.2. The van der Waals surface area contributed by atoms with Crippen molar-refractivity contribution in [2.75, 3.05) is 5.32 Å². The molecule has 25 heavy (non-hydrogen) atoms. The number of carbonyl (C=O) groups is 1. The average Bonchev–Trinajstić information content (AvgIpc) is 2.84. The summed E-state index contributed by atoms with van der Waals surface area (Å²) in [5.41, 5.74) is 3.98. The lowest BCUT2D eigenvalue weighted by Gasteiger charge is -2.17. The number of carbonyl (C=O) groups excluding carboxylic acids is 1. The van der Waals surface area contributed by atoms with Crippen LogP contribution in [0.5, 0.6) is 0 Å². The van der Waals surface area contributed by atoms with E-state index < -0.39 is 0 Å². The molecular formula is C21H25N3O. The maximum atomic E-state index is 12.5. The zero-order chi connectivity index (χ0) is 18.0. The normalized spacial score (nSPS) is 11.7. The minimum Gasteiger partial charge on any atom is -0.310 e. The van der Waals surface area contributed by atoms with Crippen molar-refractivity contribution in [2.24, 2.45) is 5.41 Å². The third-order valence-corrected chi connectivity index (χ3v) is 4.00. The van der Waals surface area contributed by atoms with Gasteiger partial charge in [-0.25, -0.2) is 4.98 Å². The van der Waals surface area contributed by atoms with Crippen molar-refractivity contribution in [3.05, 3.63) is 65.5 Å². The molecule has 0 aliphatic carbocycles. The molecule has 0 saturated carbocycles. The Bertz CT molecular complexity index is 889. The fraction of sp³-hybridized carbons (Fsp3) is 0.333. The first-order valence-electron chi connectivity index (χ1n) is 8.63. The van der Waals surface area contributed by atoms with E-state index in [0.29, 0.717) is 12.8 Å². The van der Waals surface area contributed by atoms with E-state index in [1.807, 2.05) is 47.9 Å². The van der Waals surface area contributed by atoms with Crippen LogP contribution in [0.3, 0.4) is 0 Å². The Morgan fingerprint density at radius 3 is 2.52 bits per heavy atom. The zero-order valence-corrected chi connectivity index (χ0v) is 15.3. The predicted octanol–water partition coefficient (Wildman–Crippen LogP) is 4.61. The Morgan fingerprint density at radius 2 is 1.84 bits per heavy atom. The van der Waals surface area contributed by atoms with E-state index in [9.17, 15) is 4.79 Å². The number of nitrogens with zero attached hydrogens (tertiary/aromatic N) is 2. The quantitative estimate of drug-likeness (QED) is 0.757. The van der Waals surface area contributed by atoms with Crippen molar-refractivity contribution in [3.63, 3.8) is 0 Å². The van der Waals surface area contributed by atoms with Crippen molar-refractivity contribution in [3.8, 4) is 0 Å². The van der Waals surface area contributed by atoms with Gasteiger partial charge in [0.05, 0.1) is 5.69 Å². The minimum absolute atomic E-state index is 0.0186. The lowest BCUT2D eigenvalue weighted by molar-refractivity contribution is -0.117. The lowest BCUT2D eigenvalue weighted by atomic mass is 9.92. The van der Waals surface area contributed by atoms with Gasteiger partial charge in [-0.15, -0.1) is 0 Å². The van der Waals surface area contributed by atoms with Gasteiger partial charge < -0.3 is 5.32 Å². The van der Waals surface area contributed by atoms with Crippen LogP contribution in [0.15, 0.2) is 48.7 Å². The fourth-order valence-corrected chi connectivity index (χ4v) is 2.90. The third kappa shape index (κ3) is 4.27. The Labute approximate surface area is 148 Å². The largest absolute Gasteiger partial charge is 0.310 e. The summed E-state index contributed by atoms with van der Waals surface area (Å²) in [6.07, 6.45) is 3.17. The Kier molecular flexibility index (Phi) is 4.62. The van der Waals surface area contributed by atoms with E-state index in [0.717, 1.165) is 22.7 Å². The molecule has 0 spiro atoms. The highest BCUT2D eigenvalue weighted by Crippen LogP contribution is 2.24. The fourth-order valence-electron chi connectivity index (χ4n) is 2.90. The van der Waals surface area contributed by atoms with E-state index >= 15 is 0 Å². The monoisotopic (exact) mass is 335 g/mol. The van der Waals surface area contributed by atoms with Crippen molar-refractivity contribution in [2.45, 2.75) is 40.5 Å². The highest BCUT2D eigenvalue weighted by atomic mass is 16.1. The molecule has 1 N–H and O–H groups in total. The Hall–Kier alpha value is -2.62. The second-order valence-corrected chi connectivity index (χ2v) is 7.79. The van der Waals surface area contributed by atoms with Crippen LogP contribution in [0.4, 0.5) is 5.82 Å². The number of aryl methyl sites for hydroxylation is 1. The number of hydrogen-bond acceptors (Lipinski definition) is 2. The topological polar surface area (TPSA) is 46.4 Å². The lowest BCUT2D eigenvalue weighted by Crippen LogP contribution is -2.21. The molecule has 2 heterocycles. The van der Waals surface area contributed by atoms with Crippen LogP contribution in [0, 0.1) is 12.3 Å². The van der Waals surface area contributed by atoms with Crippen LogP contribution in [-0.4, -0.2) is 15.3 Å². The maximum Gasteiger partial charge on any atom is 0.226 e. The molecule has 3 rings (SSSR count). The number of rotatable bonds is 4. The standard InChI is InChI=1S/C21H25N3O/c1-15-10-11-18-22-17(12-16-8-6-5-7-9-16)20(24(18)14-15)23-19(25)13-21(2,3)4/h5-11,14H,12-13H2,1-4H3,(H,23,25). The first kappa shape index (κ1) is 17.2. The van der Waals surface area contributed by atoms with Crippen molar-refractivity contribution < 1.29 is 4.79 Å². The summed E-state index contributed by atoms with van der Waals surface area (Å²) in [6.45, 7) is 8.24. The number of nitrogens with one attached hydrogen (secondary N) is 1. The van der Waals surface area contributed by atoms with E-state index in [1.165, 1.54) is 5.56 Å². The predicted molar refractivity (Wildman–Crippen MR) is 102 cm³/mol. The first-order valence-corrected chi connectivity index (χ1v) is 8.63. The molecule has 0 aliphatic heterocycles. The molecule has 0 saturated heterocycles. The van der Waals surface area contributed by atoms with Crippen LogP contribution < -0.4 is 5.32 Å². The summed E-state index contributed by atoms with van der Waals surface area (Å²) < 4.78 is 1.98. The van der Waals surface area contributed by atoms with Gasteiger partial charge in [-0.2, -0.15) is 0 Å². The number of imidazole rings is 1. The summed E-state index contributed by atoms with van der Waals surface area (Å²) in [5, 5.41) is 3.10. The van der Waals surface area contributed by atoms with Crippen molar-refractivity contribution in [1.29, 1.82) is 0 Å². The molecule has 1 aromatic carbocycles. The van der Waals surface area contributed by atoms with Crippen LogP contribution in [-0.2, 0) is 11.2 Å².